The fourth-order valence-electron chi connectivity index (χ4n) is 2.42. The molecule has 0 saturated heterocycles. The van der Waals surface area contributed by atoms with Gasteiger partial charge >= 0.3 is 0 Å². The van der Waals surface area contributed by atoms with Crippen molar-refractivity contribution in [1.29, 1.82) is 0 Å². The number of aromatic nitrogens is 1. The molecule has 0 spiro atoms. The average molecular weight is 332 g/mol. The van der Waals surface area contributed by atoms with Gasteiger partial charge in [-0.3, -0.25) is 14.9 Å². The summed E-state index contributed by atoms with van der Waals surface area (Å²) < 4.78 is 6.69. The summed E-state index contributed by atoms with van der Waals surface area (Å²) in [6.45, 7) is 5.29. The van der Waals surface area contributed by atoms with Crippen LogP contribution >= 0.6 is 0 Å². The molecule has 7 nitrogen and oxygen atoms in total. The maximum Gasteiger partial charge on any atom is 0.288 e. The SMILES string of the molecule is Cc1ccc(OCC(O)Cn2cc([N+](=O)[O-])c(C)cc2=O)c(C)c1. The van der Waals surface area contributed by atoms with E-state index in [4.69, 9.17) is 4.74 Å². The number of aliphatic hydroxyl groups excluding tert-OH is 1. The summed E-state index contributed by atoms with van der Waals surface area (Å²) in [5.41, 5.74) is 1.80. The van der Waals surface area contributed by atoms with Crippen molar-refractivity contribution in [3.63, 3.8) is 0 Å². The van der Waals surface area contributed by atoms with Gasteiger partial charge in [0.05, 0.1) is 17.7 Å². The van der Waals surface area contributed by atoms with Gasteiger partial charge in [0.25, 0.3) is 11.2 Å². The molecule has 2 rings (SSSR count). The highest BCUT2D eigenvalue weighted by atomic mass is 16.6. The third-order valence-electron chi connectivity index (χ3n) is 3.67. The van der Waals surface area contributed by atoms with E-state index in [1.165, 1.54) is 13.0 Å². The molecule has 1 atom stereocenters. The summed E-state index contributed by atoms with van der Waals surface area (Å²) >= 11 is 0. The van der Waals surface area contributed by atoms with Crippen LogP contribution in [0.1, 0.15) is 16.7 Å². The van der Waals surface area contributed by atoms with Gasteiger partial charge in [-0.2, -0.15) is 0 Å². The molecule has 0 saturated carbocycles. The number of aliphatic hydroxyl groups is 1. The Bertz CT molecular complexity index is 813. The van der Waals surface area contributed by atoms with Crippen LogP contribution in [0.2, 0.25) is 0 Å². The van der Waals surface area contributed by atoms with Crippen LogP contribution in [-0.2, 0) is 6.54 Å². The Hall–Kier alpha value is -2.67. The summed E-state index contributed by atoms with van der Waals surface area (Å²) in [6, 6.07) is 6.88. The first-order valence-electron chi connectivity index (χ1n) is 7.51. The molecule has 0 aliphatic carbocycles. The molecule has 0 aliphatic heterocycles. The minimum absolute atomic E-state index is 0.0159. The highest BCUT2D eigenvalue weighted by Crippen LogP contribution is 2.19. The molecule has 1 aromatic carbocycles. The largest absolute Gasteiger partial charge is 0.491 e. The minimum atomic E-state index is -0.967. The van der Waals surface area contributed by atoms with Crippen molar-refractivity contribution < 1.29 is 14.8 Å². The molecular formula is C17H20N2O5. The van der Waals surface area contributed by atoms with E-state index in [0.717, 1.165) is 21.9 Å². The standard InChI is InChI=1S/C17H20N2O5/c1-11-4-5-16(13(3)6-11)24-10-14(20)8-18-9-15(19(22)23)12(2)7-17(18)21/h4-7,9,14,20H,8,10H2,1-3H3. The Morgan fingerprint density at radius 1 is 1.25 bits per heavy atom. The first-order chi connectivity index (χ1) is 11.3. The Morgan fingerprint density at radius 3 is 2.58 bits per heavy atom. The molecule has 0 aliphatic rings. The first kappa shape index (κ1) is 17.7. The monoisotopic (exact) mass is 332 g/mol. The third-order valence-corrected chi connectivity index (χ3v) is 3.67. The zero-order chi connectivity index (χ0) is 17.9. The van der Waals surface area contributed by atoms with Crippen LogP contribution < -0.4 is 10.3 Å². The van der Waals surface area contributed by atoms with Crippen LogP contribution in [0.5, 0.6) is 5.75 Å². The molecule has 0 amide bonds. The molecule has 7 heteroatoms. The van der Waals surface area contributed by atoms with Crippen molar-refractivity contribution in [2.75, 3.05) is 6.61 Å². The molecule has 1 heterocycles. The topological polar surface area (TPSA) is 94.6 Å². The molecule has 0 fully saturated rings. The maximum absolute atomic E-state index is 11.9. The number of aryl methyl sites for hydroxylation is 3. The molecule has 1 unspecified atom stereocenters. The van der Waals surface area contributed by atoms with E-state index in [1.807, 2.05) is 32.0 Å². The lowest BCUT2D eigenvalue weighted by atomic mass is 10.1. The zero-order valence-electron chi connectivity index (χ0n) is 13.9. The van der Waals surface area contributed by atoms with Crippen molar-refractivity contribution in [1.82, 2.24) is 4.57 Å². The van der Waals surface area contributed by atoms with Gasteiger partial charge in [0.2, 0.25) is 0 Å². The Morgan fingerprint density at radius 2 is 1.96 bits per heavy atom. The van der Waals surface area contributed by atoms with Crippen molar-refractivity contribution >= 4 is 5.69 Å². The van der Waals surface area contributed by atoms with Crippen LogP contribution in [0.4, 0.5) is 5.69 Å². The van der Waals surface area contributed by atoms with E-state index in [9.17, 15) is 20.0 Å². The fourth-order valence-corrected chi connectivity index (χ4v) is 2.42. The molecule has 0 radical (unpaired) electrons. The highest BCUT2D eigenvalue weighted by Gasteiger charge is 2.15. The lowest BCUT2D eigenvalue weighted by Gasteiger charge is -2.15. The third kappa shape index (κ3) is 4.20. The molecule has 1 N–H and O–H groups in total. The average Bonchev–Trinajstić information content (AvgIpc) is 2.48. The van der Waals surface area contributed by atoms with Gasteiger partial charge in [0.15, 0.2) is 0 Å². The lowest BCUT2D eigenvalue weighted by Crippen LogP contribution is -2.30. The predicted molar refractivity (Wildman–Crippen MR) is 89.5 cm³/mol. The van der Waals surface area contributed by atoms with Crippen molar-refractivity contribution in [3.05, 3.63) is 67.6 Å². The van der Waals surface area contributed by atoms with E-state index in [2.05, 4.69) is 0 Å². The number of ether oxygens (including phenoxy) is 1. The summed E-state index contributed by atoms with van der Waals surface area (Å²) in [7, 11) is 0. The van der Waals surface area contributed by atoms with E-state index >= 15 is 0 Å². The van der Waals surface area contributed by atoms with E-state index in [1.54, 1.807) is 0 Å². The number of benzene rings is 1. The zero-order valence-corrected chi connectivity index (χ0v) is 13.9. The Labute approximate surface area is 139 Å². The lowest BCUT2D eigenvalue weighted by molar-refractivity contribution is -0.386. The van der Waals surface area contributed by atoms with Crippen molar-refractivity contribution in [3.8, 4) is 5.75 Å². The van der Waals surface area contributed by atoms with Gasteiger partial charge in [-0.1, -0.05) is 17.7 Å². The smallest absolute Gasteiger partial charge is 0.288 e. The van der Waals surface area contributed by atoms with Crippen LogP contribution in [0, 0.1) is 30.9 Å². The van der Waals surface area contributed by atoms with Gasteiger partial charge in [0, 0.05) is 11.6 Å². The first-order valence-corrected chi connectivity index (χ1v) is 7.51. The fraction of sp³-hybridized carbons (Fsp3) is 0.353. The van der Waals surface area contributed by atoms with Gasteiger partial charge in [-0.15, -0.1) is 0 Å². The van der Waals surface area contributed by atoms with E-state index in [0.29, 0.717) is 11.3 Å². The Balaban J connectivity index is 2.07. The number of hydrogen-bond donors (Lipinski definition) is 1. The summed E-state index contributed by atoms with van der Waals surface area (Å²) in [6.07, 6.45) is 0.184. The van der Waals surface area contributed by atoms with Crippen LogP contribution in [0.15, 0.2) is 35.3 Å². The second kappa shape index (κ2) is 7.27. The normalized spacial score (nSPS) is 12.0. The summed E-state index contributed by atoms with van der Waals surface area (Å²) in [5, 5.41) is 21.0. The predicted octanol–water partition coefficient (Wildman–Crippen LogP) is 2.12. The van der Waals surface area contributed by atoms with E-state index < -0.39 is 16.6 Å². The summed E-state index contributed by atoms with van der Waals surface area (Å²) in [4.78, 5) is 22.3. The van der Waals surface area contributed by atoms with Crippen molar-refractivity contribution in [2.45, 2.75) is 33.4 Å². The van der Waals surface area contributed by atoms with E-state index in [-0.39, 0.29) is 18.8 Å². The van der Waals surface area contributed by atoms with Crippen LogP contribution in [-0.4, -0.2) is 27.3 Å². The molecular weight excluding hydrogens is 312 g/mol. The molecule has 128 valence electrons. The van der Waals surface area contributed by atoms with Crippen LogP contribution in [0.3, 0.4) is 0 Å². The number of hydrogen-bond acceptors (Lipinski definition) is 5. The Kier molecular flexibility index (Phi) is 5.35. The summed E-state index contributed by atoms with van der Waals surface area (Å²) in [5.74, 6) is 0.655. The number of nitro groups is 1. The van der Waals surface area contributed by atoms with Gasteiger partial charge in [-0.05, 0) is 32.4 Å². The molecule has 24 heavy (non-hydrogen) atoms. The van der Waals surface area contributed by atoms with Gasteiger partial charge < -0.3 is 14.4 Å². The quantitative estimate of drug-likeness (QED) is 0.646. The van der Waals surface area contributed by atoms with Gasteiger partial charge in [-0.25, -0.2) is 0 Å². The number of pyridine rings is 1. The second-order valence-electron chi connectivity index (χ2n) is 5.82. The van der Waals surface area contributed by atoms with Gasteiger partial charge in [0.1, 0.15) is 18.5 Å². The molecule has 1 aromatic heterocycles. The van der Waals surface area contributed by atoms with Crippen molar-refractivity contribution in [2.24, 2.45) is 0 Å². The number of rotatable bonds is 6. The molecule has 0 bridgehead atoms. The molecule has 2 aromatic rings. The highest BCUT2D eigenvalue weighted by molar-refractivity contribution is 5.36. The maximum atomic E-state index is 11.9. The van der Waals surface area contributed by atoms with Crippen LogP contribution in [0.25, 0.3) is 0 Å². The second-order valence-corrected chi connectivity index (χ2v) is 5.82. The number of nitrogens with zero attached hydrogens (tertiary/aromatic N) is 2. The minimum Gasteiger partial charge on any atom is -0.491 e.